The molecule has 0 saturated carbocycles. The van der Waals surface area contributed by atoms with Crippen LogP contribution in [0, 0.1) is 6.92 Å². The minimum atomic E-state index is -0.325. The van der Waals surface area contributed by atoms with Crippen LogP contribution in [-0.4, -0.2) is 0 Å². The Bertz CT molecular complexity index is 781. The van der Waals surface area contributed by atoms with Gasteiger partial charge in [0.2, 0.25) is 0 Å². The summed E-state index contributed by atoms with van der Waals surface area (Å²) in [5.41, 5.74) is 9.30. The Morgan fingerprint density at radius 3 is 2.70 bits per heavy atom. The molecule has 3 aromatic rings. The van der Waals surface area contributed by atoms with Crippen molar-refractivity contribution in [3.05, 3.63) is 68.8 Å². The van der Waals surface area contributed by atoms with Crippen LogP contribution < -0.4 is 5.73 Å². The van der Waals surface area contributed by atoms with E-state index in [9.17, 15) is 0 Å². The van der Waals surface area contributed by atoms with Crippen LogP contribution >= 0.6 is 27.5 Å². The van der Waals surface area contributed by atoms with Crippen molar-refractivity contribution < 1.29 is 4.42 Å². The van der Waals surface area contributed by atoms with Crippen LogP contribution in [0.25, 0.3) is 11.0 Å². The van der Waals surface area contributed by atoms with E-state index in [-0.39, 0.29) is 6.04 Å². The molecular weight excluding hydrogens is 338 g/mol. The first kappa shape index (κ1) is 13.7. The van der Waals surface area contributed by atoms with Gasteiger partial charge in [-0.05, 0) is 42.8 Å². The standard InChI is InChI=1S/C16H13BrClNO/c1-9-2-5-14-10(6-9)7-15(20-14)16(19)12-4-3-11(18)8-13(12)17/h2-8,16H,19H2,1H3. The summed E-state index contributed by atoms with van der Waals surface area (Å²) in [4.78, 5) is 0. The maximum absolute atomic E-state index is 6.30. The van der Waals surface area contributed by atoms with Crippen molar-refractivity contribution in [3.8, 4) is 0 Å². The highest BCUT2D eigenvalue weighted by Gasteiger charge is 2.17. The van der Waals surface area contributed by atoms with Crippen LogP contribution in [-0.2, 0) is 0 Å². The van der Waals surface area contributed by atoms with Gasteiger partial charge in [-0.15, -0.1) is 0 Å². The molecule has 20 heavy (non-hydrogen) atoms. The van der Waals surface area contributed by atoms with Crippen LogP contribution in [0.3, 0.4) is 0 Å². The van der Waals surface area contributed by atoms with E-state index in [1.165, 1.54) is 5.56 Å². The molecule has 0 aliphatic carbocycles. The second-order valence-corrected chi connectivity index (χ2v) is 6.12. The molecule has 4 heteroatoms. The Morgan fingerprint density at radius 2 is 1.95 bits per heavy atom. The molecule has 2 aromatic carbocycles. The van der Waals surface area contributed by atoms with Gasteiger partial charge in [-0.25, -0.2) is 0 Å². The van der Waals surface area contributed by atoms with Crippen molar-refractivity contribution >= 4 is 38.5 Å². The van der Waals surface area contributed by atoms with E-state index in [1.807, 2.05) is 36.4 Å². The van der Waals surface area contributed by atoms with Gasteiger partial charge in [0.05, 0.1) is 6.04 Å². The first-order valence-electron chi connectivity index (χ1n) is 6.25. The van der Waals surface area contributed by atoms with Gasteiger partial charge in [0.1, 0.15) is 11.3 Å². The molecule has 1 heterocycles. The zero-order chi connectivity index (χ0) is 14.3. The summed E-state index contributed by atoms with van der Waals surface area (Å²) in [6.45, 7) is 2.06. The van der Waals surface area contributed by atoms with Crippen LogP contribution in [0.2, 0.25) is 5.02 Å². The van der Waals surface area contributed by atoms with Crippen molar-refractivity contribution in [2.24, 2.45) is 5.73 Å². The number of hydrogen-bond acceptors (Lipinski definition) is 2. The molecule has 2 N–H and O–H groups in total. The van der Waals surface area contributed by atoms with Gasteiger partial charge >= 0.3 is 0 Å². The number of halogens is 2. The highest BCUT2D eigenvalue weighted by molar-refractivity contribution is 9.10. The molecule has 0 fully saturated rings. The zero-order valence-electron chi connectivity index (χ0n) is 10.9. The van der Waals surface area contributed by atoms with Gasteiger partial charge in [-0.1, -0.05) is 45.2 Å². The van der Waals surface area contributed by atoms with Crippen molar-refractivity contribution in [2.45, 2.75) is 13.0 Å². The summed E-state index contributed by atoms with van der Waals surface area (Å²) < 4.78 is 6.73. The van der Waals surface area contributed by atoms with E-state index in [0.717, 1.165) is 26.8 Å². The van der Waals surface area contributed by atoms with Crippen LogP contribution in [0.1, 0.15) is 22.9 Å². The molecule has 0 radical (unpaired) electrons. The molecule has 0 aliphatic rings. The lowest BCUT2D eigenvalue weighted by Gasteiger charge is -2.11. The lowest BCUT2D eigenvalue weighted by molar-refractivity contribution is 0.524. The third-order valence-corrected chi connectivity index (χ3v) is 4.22. The number of benzene rings is 2. The molecule has 102 valence electrons. The number of aryl methyl sites for hydroxylation is 1. The fourth-order valence-corrected chi connectivity index (χ4v) is 3.17. The summed E-state index contributed by atoms with van der Waals surface area (Å²) in [6.07, 6.45) is 0. The maximum Gasteiger partial charge on any atom is 0.134 e. The molecule has 1 atom stereocenters. The third kappa shape index (κ3) is 2.49. The summed E-state index contributed by atoms with van der Waals surface area (Å²) in [5, 5.41) is 1.74. The van der Waals surface area contributed by atoms with E-state index in [0.29, 0.717) is 5.02 Å². The average Bonchev–Trinajstić information content (AvgIpc) is 2.81. The molecule has 0 aliphatic heterocycles. The minimum Gasteiger partial charge on any atom is -0.459 e. The van der Waals surface area contributed by atoms with E-state index < -0.39 is 0 Å². The Hall–Kier alpha value is -1.29. The predicted octanol–water partition coefficient (Wildman–Crippen LogP) is 5.21. The summed E-state index contributed by atoms with van der Waals surface area (Å²) in [6, 6.07) is 13.3. The monoisotopic (exact) mass is 349 g/mol. The number of fused-ring (bicyclic) bond motifs is 1. The molecule has 0 bridgehead atoms. The second-order valence-electron chi connectivity index (χ2n) is 4.83. The largest absolute Gasteiger partial charge is 0.459 e. The summed E-state index contributed by atoms with van der Waals surface area (Å²) >= 11 is 9.45. The van der Waals surface area contributed by atoms with Crippen LogP contribution in [0.5, 0.6) is 0 Å². The Balaban J connectivity index is 2.05. The van der Waals surface area contributed by atoms with E-state index in [2.05, 4.69) is 28.9 Å². The molecule has 0 amide bonds. The molecule has 1 aromatic heterocycles. The predicted molar refractivity (Wildman–Crippen MR) is 86.1 cm³/mol. The topological polar surface area (TPSA) is 39.2 Å². The highest BCUT2D eigenvalue weighted by Crippen LogP contribution is 2.32. The lowest BCUT2D eigenvalue weighted by atomic mass is 10.1. The first-order chi connectivity index (χ1) is 9.54. The smallest absolute Gasteiger partial charge is 0.134 e. The summed E-state index contributed by atoms with van der Waals surface area (Å²) in [5.74, 6) is 0.744. The van der Waals surface area contributed by atoms with Crippen molar-refractivity contribution in [1.82, 2.24) is 0 Å². The Labute approximate surface area is 130 Å². The Kier molecular flexibility index (Phi) is 3.59. The van der Waals surface area contributed by atoms with Gasteiger partial charge in [-0.2, -0.15) is 0 Å². The number of nitrogens with two attached hydrogens (primary N) is 1. The quantitative estimate of drug-likeness (QED) is 0.689. The average molecular weight is 351 g/mol. The highest BCUT2D eigenvalue weighted by atomic mass is 79.9. The second kappa shape index (κ2) is 5.24. The Morgan fingerprint density at radius 1 is 1.15 bits per heavy atom. The van der Waals surface area contributed by atoms with Crippen molar-refractivity contribution in [3.63, 3.8) is 0 Å². The van der Waals surface area contributed by atoms with Crippen LogP contribution in [0.4, 0.5) is 0 Å². The molecule has 3 rings (SSSR count). The summed E-state index contributed by atoms with van der Waals surface area (Å²) in [7, 11) is 0. The first-order valence-corrected chi connectivity index (χ1v) is 7.42. The molecule has 1 unspecified atom stereocenters. The number of hydrogen-bond donors (Lipinski definition) is 1. The fourth-order valence-electron chi connectivity index (χ4n) is 2.24. The molecule has 0 saturated heterocycles. The van der Waals surface area contributed by atoms with E-state index in [1.54, 1.807) is 0 Å². The van der Waals surface area contributed by atoms with Gasteiger partial charge in [-0.3, -0.25) is 0 Å². The zero-order valence-corrected chi connectivity index (χ0v) is 13.2. The number of furan rings is 1. The lowest BCUT2D eigenvalue weighted by Crippen LogP contribution is -2.11. The third-order valence-electron chi connectivity index (χ3n) is 3.29. The normalized spacial score (nSPS) is 12.8. The van der Waals surface area contributed by atoms with Crippen LogP contribution in [0.15, 0.2) is 51.4 Å². The molecule has 2 nitrogen and oxygen atoms in total. The van der Waals surface area contributed by atoms with E-state index in [4.69, 9.17) is 21.8 Å². The van der Waals surface area contributed by atoms with Gasteiger partial charge in [0.15, 0.2) is 0 Å². The van der Waals surface area contributed by atoms with Gasteiger partial charge < -0.3 is 10.2 Å². The van der Waals surface area contributed by atoms with Crippen molar-refractivity contribution in [1.29, 1.82) is 0 Å². The van der Waals surface area contributed by atoms with E-state index >= 15 is 0 Å². The molecular formula is C16H13BrClNO. The minimum absolute atomic E-state index is 0.325. The number of rotatable bonds is 2. The molecule has 0 spiro atoms. The SMILES string of the molecule is Cc1ccc2oc(C(N)c3ccc(Cl)cc3Br)cc2c1. The fraction of sp³-hybridized carbons (Fsp3) is 0.125. The van der Waals surface area contributed by atoms with Gasteiger partial charge in [0, 0.05) is 14.9 Å². The van der Waals surface area contributed by atoms with Gasteiger partial charge in [0.25, 0.3) is 0 Å². The van der Waals surface area contributed by atoms with Crippen molar-refractivity contribution in [2.75, 3.05) is 0 Å². The maximum atomic E-state index is 6.30.